The first-order chi connectivity index (χ1) is 7.69. The molecule has 1 aliphatic heterocycles. The van der Waals surface area contributed by atoms with Crippen LogP contribution in [0.15, 0.2) is 18.2 Å². The maximum absolute atomic E-state index is 5.68. The van der Waals surface area contributed by atoms with Crippen LogP contribution >= 0.6 is 0 Å². The van der Waals surface area contributed by atoms with Gasteiger partial charge in [0.2, 0.25) is 0 Å². The van der Waals surface area contributed by atoms with E-state index in [1.54, 1.807) is 0 Å². The lowest BCUT2D eigenvalue weighted by Gasteiger charge is -2.15. The van der Waals surface area contributed by atoms with Gasteiger partial charge in [-0.15, -0.1) is 0 Å². The molecule has 1 aromatic carbocycles. The summed E-state index contributed by atoms with van der Waals surface area (Å²) in [4.78, 5) is 2.24. The molecule has 1 aromatic rings. The minimum Gasteiger partial charge on any atom is -0.490 e. The van der Waals surface area contributed by atoms with E-state index in [2.05, 4.69) is 37.1 Å². The van der Waals surface area contributed by atoms with Gasteiger partial charge in [-0.25, -0.2) is 0 Å². The number of nitrogens with zero attached hydrogens (tertiary/aromatic N) is 1. The predicted molar refractivity (Wildman–Crippen MR) is 65.6 cm³/mol. The number of ether oxygens (including phenoxy) is 1. The molecule has 0 spiro atoms. The summed E-state index contributed by atoms with van der Waals surface area (Å²) in [6.07, 6.45) is 1.36. The molecule has 0 radical (unpaired) electrons. The highest BCUT2D eigenvalue weighted by Gasteiger charge is 2.18. The molecule has 88 valence electrons. The number of likely N-dealkylation sites (N-methyl/N-ethyl adjacent to an activating group) is 1. The van der Waals surface area contributed by atoms with Crippen molar-refractivity contribution in [1.82, 2.24) is 4.90 Å². The van der Waals surface area contributed by atoms with E-state index in [4.69, 9.17) is 10.5 Å². The molecular formula is C13H20N2O. The van der Waals surface area contributed by atoms with Gasteiger partial charge in [0.15, 0.2) is 0 Å². The van der Waals surface area contributed by atoms with Crippen LogP contribution in [0, 0.1) is 0 Å². The molecule has 0 fully saturated rings. The molecule has 2 N–H and O–H groups in total. The Morgan fingerprint density at radius 2 is 2.31 bits per heavy atom. The fourth-order valence-corrected chi connectivity index (χ4v) is 2.18. The average Bonchev–Trinajstić information content (AvgIpc) is 2.57. The van der Waals surface area contributed by atoms with E-state index in [0.29, 0.717) is 12.6 Å². The molecule has 0 saturated heterocycles. The van der Waals surface area contributed by atoms with Crippen LogP contribution in [0.25, 0.3) is 0 Å². The summed E-state index contributed by atoms with van der Waals surface area (Å²) in [6, 6.07) is 6.49. The van der Waals surface area contributed by atoms with Gasteiger partial charge >= 0.3 is 0 Å². The Hall–Kier alpha value is -1.06. The first-order valence-corrected chi connectivity index (χ1v) is 5.86. The number of fused-ring (bicyclic) bond motifs is 1. The molecule has 16 heavy (non-hydrogen) atoms. The standard InChI is InChI=1S/C13H20N2O/c1-10-7-12-8-11(3-4-13(12)16-10)9-15(2)6-5-14/h3-4,8,10H,5-7,9,14H2,1-2H3. The molecule has 1 aliphatic rings. The summed E-state index contributed by atoms with van der Waals surface area (Å²) < 4.78 is 5.68. The summed E-state index contributed by atoms with van der Waals surface area (Å²) >= 11 is 0. The Bertz CT molecular complexity index is 365. The molecule has 3 nitrogen and oxygen atoms in total. The van der Waals surface area contributed by atoms with Crippen molar-refractivity contribution in [2.24, 2.45) is 5.73 Å². The molecule has 0 bridgehead atoms. The number of hydrogen-bond donors (Lipinski definition) is 1. The van der Waals surface area contributed by atoms with Crippen molar-refractivity contribution in [2.75, 3.05) is 20.1 Å². The Morgan fingerprint density at radius 1 is 1.50 bits per heavy atom. The third kappa shape index (κ3) is 2.54. The van der Waals surface area contributed by atoms with E-state index in [-0.39, 0.29) is 0 Å². The monoisotopic (exact) mass is 220 g/mol. The number of rotatable bonds is 4. The van der Waals surface area contributed by atoms with Gasteiger partial charge in [0, 0.05) is 26.1 Å². The van der Waals surface area contributed by atoms with Crippen LogP contribution < -0.4 is 10.5 Å². The third-order valence-corrected chi connectivity index (χ3v) is 2.92. The summed E-state index contributed by atoms with van der Waals surface area (Å²) in [6.45, 7) is 4.71. The fraction of sp³-hybridized carbons (Fsp3) is 0.538. The summed E-state index contributed by atoms with van der Waals surface area (Å²) in [5, 5.41) is 0. The van der Waals surface area contributed by atoms with Gasteiger partial charge in [-0.05, 0) is 31.2 Å². The SMILES string of the molecule is CC1Cc2cc(CN(C)CCN)ccc2O1. The van der Waals surface area contributed by atoms with Gasteiger partial charge in [-0.2, -0.15) is 0 Å². The Labute approximate surface area is 97.2 Å². The van der Waals surface area contributed by atoms with Gasteiger partial charge < -0.3 is 15.4 Å². The number of benzene rings is 1. The molecule has 2 rings (SSSR count). The molecule has 0 aliphatic carbocycles. The van der Waals surface area contributed by atoms with Crippen LogP contribution in [0.3, 0.4) is 0 Å². The molecule has 1 unspecified atom stereocenters. The van der Waals surface area contributed by atoms with Gasteiger partial charge in [-0.3, -0.25) is 0 Å². The number of hydrogen-bond acceptors (Lipinski definition) is 3. The van der Waals surface area contributed by atoms with Crippen molar-refractivity contribution in [2.45, 2.75) is 26.0 Å². The highest BCUT2D eigenvalue weighted by molar-refractivity contribution is 5.40. The van der Waals surface area contributed by atoms with Crippen molar-refractivity contribution >= 4 is 0 Å². The zero-order valence-corrected chi connectivity index (χ0v) is 10.1. The fourth-order valence-electron chi connectivity index (χ4n) is 2.18. The molecule has 0 amide bonds. The number of nitrogens with two attached hydrogens (primary N) is 1. The Kier molecular flexibility index (Phi) is 3.46. The molecule has 1 heterocycles. The van der Waals surface area contributed by atoms with E-state index < -0.39 is 0 Å². The predicted octanol–water partition coefficient (Wildman–Crippen LogP) is 1.40. The zero-order chi connectivity index (χ0) is 11.5. The molecule has 0 saturated carbocycles. The zero-order valence-electron chi connectivity index (χ0n) is 10.1. The van der Waals surface area contributed by atoms with Gasteiger partial charge in [0.05, 0.1) is 0 Å². The Morgan fingerprint density at radius 3 is 3.06 bits per heavy atom. The lowest BCUT2D eigenvalue weighted by Crippen LogP contribution is -2.24. The van der Waals surface area contributed by atoms with Crippen LogP contribution in [0.1, 0.15) is 18.1 Å². The minimum atomic E-state index is 0.326. The first kappa shape index (κ1) is 11.4. The van der Waals surface area contributed by atoms with Crippen molar-refractivity contribution in [1.29, 1.82) is 0 Å². The van der Waals surface area contributed by atoms with Crippen molar-refractivity contribution < 1.29 is 4.74 Å². The van der Waals surface area contributed by atoms with E-state index in [1.807, 2.05) is 0 Å². The van der Waals surface area contributed by atoms with Crippen LogP contribution in [-0.4, -0.2) is 31.1 Å². The van der Waals surface area contributed by atoms with Gasteiger partial charge in [0.25, 0.3) is 0 Å². The van der Waals surface area contributed by atoms with Gasteiger partial charge in [-0.1, -0.05) is 12.1 Å². The van der Waals surface area contributed by atoms with Crippen molar-refractivity contribution in [3.63, 3.8) is 0 Å². The third-order valence-electron chi connectivity index (χ3n) is 2.92. The molecular weight excluding hydrogens is 200 g/mol. The van der Waals surface area contributed by atoms with Crippen LogP contribution in [0.2, 0.25) is 0 Å². The lowest BCUT2D eigenvalue weighted by molar-refractivity contribution is 0.254. The molecule has 0 aromatic heterocycles. The van der Waals surface area contributed by atoms with E-state index in [9.17, 15) is 0 Å². The normalized spacial score (nSPS) is 18.6. The summed E-state index contributed by atoms with van der Waals surface area (Å²) in [5.41, 5.74) is 8.21. The second-order valence-electron chi connectivity index (χ2n) is 4.60. The first-order valence-electron chi connectivity index (χ1n) is 5.86. The smallest absolute Gasteiger partial charge is 0.123 e. The topological polar surface area (TPSA) is 38.5 Å². The van der Waals surface area contributed by atoms with E-state index in [0.717, 1.165) is 25.3 Å². The highest BCUT2D eigenvalue weighted by atomic mass is 16.5. The second kappa shape index (κ2) is 4.85. The van der Waals surface area contributed by atoms with E-state index in [1.165, 1.54) is 11.1 Å². The quantitative estimate of drug-likeness (QED) is 0.833. The summed E-state index contributed by atoms with van der Waals surface area (Å²) in [7, 11) is 2.10. The maximum atomic E-state index is 5.68. The maximum Gasteiger partial charge on any atom is 0.123 e. The highest BCUT2D eigenvalue weighted by Crippen LogP contribution is 2.29. The van der Waals surface area contributed by atoms with Gasteiger partial charge in [0.1, 0.15) is 11.9 Å². The Balaban J connectivity index is 2.05. The molecule has 1 atom stereocenters. The van der Waals surface area contributed by atoms with Crippen molar-refractivity contribution in [3.8, 4) is 5.75 Å². The minimum absolute atomic E-state index is 0.326. The average molecular weight is 220 g/mol. The van der Waals surface area contributed by atoms with Crippen LogP contribution in [0.5, 0.6) is 5.75 Å². The van der Waals surface area contributed by atoms with Crippen molar-refractivity contribution in [3.05, 3.63) is 29.3 Å². The van der Waals surface area contributed by atoms with Crippen LogP contribution in [-0.2, 0) is 13.0 Å². The lowest BCUT2D eigenvalue weighted by atomic mass is 10.1. The second-order valence-corrected chi connectivity index (χ2v) is 4.60. The van der Waals surface area contributed by atoms with E-state index >= 15 is 0 Å². The summed E-state index contributed by atoms with van der Waals surface area (Å²) in [5.74, 6) is 1.05. The molecule has 3 heteroatoms. The van der Waals surface area contributed by atoms with Crippen LogP contribution in [0.4, 0.5) is 0 Å². The largest absolute Gasteiger partial charge is 0.490 e.